The van der Waals surface area contributed by atoms with Crippen molar-refractivity contribution in [1.82, 2.24) is 24.6 Å². The van der Waals surface area contributed by atoms with Gasteiger partial charge in [0.25, 0.3) is 0 Å². The Morgan fingerprint density at radius 2 is 2.12 bits per heavy atom. The highest BCUT2D eigenvalue weighted by molar-refractivity contribution is 6.29. The molecular weight excluding hydrogens is 330 g/mol. The highest BCUT2D eigenvalue weighted by atomic mass is 35.5. The second-order valence-corrected chi connectivity index (χ2v) is 6.27. The predicted molar refractivity (Wildman–Crippen MR) is 89.1 cm³/mol. The first-order chi connectivity index (χ1) is 11.5. The number of likely N-dealkylation sites (tertiary alicyclic amines) is 1. The zero-order valence-corrected chi connectivity index (χ0v) is 13.6. The molecule has 0 saturated carbocycles. The normalized spacial score (nSPS) is 14.8. The van der Waals surface area contributed by atoms with Crippen molar-refractivity contribution < 1.29 is 9.90 Å². The van der Waals surface area contributed by atoms with Crippen molar-refractivity contribution in [1.29, 1.82) is 0 Å². The molecule has 1 aliphatic heterocycles. The summed E-state index contributed by atoms with van der Waals surface area (Å²) in [4.78, 5) is 21.1. The molecule has 0 atom stereocenters. The van der Waals surface area contributed by atoms with Gasteiger partial charge in [0.2, 0.25) is 0 Å². The standard InChI is InChI=1S/C16H14ClN5O2/c1-21-8-11(15(20-21)10-6-22(7-10)16(23)24)9-4-13-12(18-5-9)2-3-14(17)19-13/h2-5,8,10H,6-7H2,1H3,(H,23,24). The van der Waals surface area contributed by atoms with Crippen LogP contribution in [0, 0.1) is 0 Å². The molecule has 4 rings (SSSR count). The molecule has 122 valence electrons. The van der Waals surface area contributed by atoms with Crippen molar-refractivity contribution in [3.63, 3.8) is 0 Å². The Labute approximate surface area is 142 Å². The van der Waals surface area contributed by atoms with Gasteiger partial charge < -0.3 is 10.0 Å². The number of carboxylic acid groups (broad SMARTS) is 1. The van der Waals surface area contributed by atoms with Crippen LogP contribution < -0.4 is 0 Å². The van der Waals surface area contributed by atoms with E-state index in [1.165, 1.54) is 4.90 Å². The molecule has 3 aromatic heterocycles. The molecule has 0 unspecified atom stereocenters. The third kappa shape index (κ3) is 2.46. The Kier molecular flexibility index (Phi) is 3.38. The van der Waals surface area contributed by atoms with E-state index in [1.807, 2.05) is 25.4 Å². The fraction of sp³-hybridized carbons (Fsp3) is 0.250. The minimum atomic E-state index is -0.894. The van der Waals surface area contributed by atoms with E-state index in [4.69, 9.17) is 16.7 Å². The zero-order valence-electron chi connectivity index (χ0n) is 12.8. The van der Waals surface area contributed by atoms with Gasteiger partial charge in [-0.2, -0.15) is 5.10 Å². The first-order valence-corrected chi connectivity index (χ1v) is 7.83. The second-order valence-electron chi connectivity index (χ2n) is 5.88. The van der Waals surface area contributed by atoms with Gasteiger partial charge in [-0.3, -0.25) is 9.67 Å². The van der Waals surface area contributed by atoms with Crippen molar-refractivity contribution >= 4 is 28.7 Å². The summed E-state index contributed by atoms with van der Waals surface area (Å²) in [6, 6.07) is 5.47. The SMILES string of the molecule is Cn1cc(-c2cnc3ccc(Cl)nc3c2)c(C2CN(C(=O)O)C2)n1. The Balaban J connectivity index is 1.73. The number of halogens is 1. The molecule has 1 saturated heterocycles. The van der Waals surface area contributed by atoms with E-state index < -0.39 is 6.09 Å². The van der Waals surface area contributed by atoms with E-state index in [0.717, 1.165) is 27.9 Å². The number of hydrogen-bond acceptors (Lipinski definition) is 4. The summed E-state index contributed by atoms with van der Waals surface area (Å²) in [6.07, 6.45) is 2.81. The van der Waals surface area contributed by atoms with Gasteiger partial charge in [-0.05, 0) is 18.2 Å². The molecule has 0 bridgehead atoms. The van der Waals surface area contributed by atoms with Crippen LogP contribution in [-0.4, -0.2) is 48.9 Å². The van der Waals surface area contributed by atoms with Gasteiger partial charge in [0, 0.05) is 49.6 Å². The topological polar surface area (TPSA) is 84.1 Å². The molecule has 0 aliphatic carbocycles. The molecule has 1 amide bonds. The van der Waals surface area contributed by atoms with Crippen LogP contribution in [0.3, 0.4) is 0 Å². The minimum absolute atomic E-state index is 0.0975. The maximum absolute atomic E-state index is 11.0. The molecule has 0 aromatic carbocycles. The molecule has 1 N–H and O–H groups in total. The molecule has 7 nitrogen and oxygen atoms in total. The van der Waals surface area contributed by atoms with Gasteiger partial charge >= 0.3 is 6.09 Å². The zero-order chi connectivity index (χ0) is 16.8. The van der Waals surface area contributed by atoms with E-state index in [-0.39, 0.29) is 5.92 Å². The average Bonchev–Trinajstić information content (AvgIpc) is 2.86. The van der Waals surface area contributed by atoms with Crippen molar-refractivity contribution in [2.75, 3.05) is 13.1 Å². The largest absolute Gasteiger partial charge is 0.465 e. The van der Waals surface area contributed by atoms with Gasteiger partial charge in [0.15, 0.2) is 0 Å². The Bertz CT molecular complexity index is 949. The monoisotopic (exact) mass is 343 g/mol. The summed E-state index contributed by atoms with van der Waals surface area (Å²) >= 11 is 5.96. The van der Waals surface area contributed by atoms with Crippen LogP contribution in [0.1, 0.15) is 11.6 Å². The Hall–Kier alpha value is -2.67. The lowest BCUT2D eigenvalue weighted by Crippen LogP contribution is -2.48. The Morgan fingerprint density at radius 1 is 1.33 bits per heavy atom. The van der Waals surface area contributed by atoms with Crippen LogP contribution in [-0.2, 0) is 7.05 Å². The van der Waals surface area contributed by atoms with E-state index in [1.54, 1.807) is 16.9 Å². The van der Waals surface area contributed by atoms with Gasteiger partial charge in [-0.1, -0.05) is 11.6 Å². The van der Waals surface area contributed by atoms with Crippen molar-refractivity contribution in [2.45, 2.75) is 5.92 Å². The number of fused-ring (bicyclic) bond motifs is 1. The lowest BCUT2D eigenvalue weighted by atomic mass is 9.92. The summed E-state index contributed by atoms with van der Waals surface area (Å²) in [6.45, 7) is 0.925. The quantitative estimate of drug-likeness (QED) is 0.723. The van der Waals surface area contributed by atoms with Crippen LogP contribution in [0.25, 0.3) is 22.2 Å². The number of amides is 1. The number of carbonyl (C=O) groups is 1. The van der Waals surface area contributed by atoms with Crippen molar-refractivity contribution in [2.24, 2.45) is 7.05 Å². The molecule has 8 heteroatoms. The van der Waals surface area contributed by atoms with E-state index in [9.17, 15) is 4.79 Å². The highest BCUT2D eigenvalue weighted by Crippen LogP contribution is 2.34. The third-order valence-electron chi connectivity index (χ3n) is 4.21. The molecular formula is C16H14ClN5O2. The van der Waals surface area contributed by atoms with Crippen LogP contribution in [0.15, 0.2) is 30.6 Å². The number of aromatic nitrogens is 4. The fourth-order valence-corrected chi connectivity index (χ4v) is 3.12. The molecule has 24 heavy (non-hydrogen) atoms. The number of pyridine rings is 2. The number of rotatable bonds is 2. The van der Waals surface area contributed by atoms with Crippen LogP contribution in [0.2, 0.25) is 5.15 Å². The molecule has 4 heterocycles. The lowest BCUT2D eigenvalue weighted by molar-refractivity contribution is 0.104. The van der Waals surface area contributed by atoms with Crippen molar-refractivity contribution in [3.05, 3.63) is 41.4 Å². The minimum Gasteiger partial charge on any atom is -0.465 e. The molecule has 0 spiro atoms. The van der Waals surface area contributed by atoms with E-state index in [0.29, 0.717) is 18.2 Å². The van der Waals surface area contributed by atoms with Crippen LogP contribution >= 0.6 is 11.6 Å². The summed E-state index contributed by atoms with van der Waals surface area (Å²) < 4.78 is 1.74. The number of hydrogen-bond donors (Lipinski definition) is 1. The van der Waals surface area contributed by atoms with Crippen molar-refractivity contribution in [3.8, 4) is 11.1 Å². The molecule has 3 aromatic rings. The fourth-order valence-electron chi connectivity index (χ4n) is 2.97. The first-order valence-electron chi connectivity index (χ1n) is 7.45. The number of aryl methyl sites for hydroxylation is 1. The summed E-state index contributed by atoms with van der Waals surface area (Å²) in [5.74, 6) is 0.0975. The summed E-state index contributed by atoms with van der Waals surface area (Å²) in [7, 11) is 1.85. The maximum Gasteiger partial charge on any atom is 0.407 e. The highest BCUT2D eigenvalue weighted by Gasteiger charge is 2.35. The van der Waals surface area contributed by atoms with E-state index in [2.05, 4.69) is 15.1 Å². The van der Waals surface area contributed by atoms with E-state index >= 15 is 0 Å². The summed E-state index contributed by atoms with van der Waals surface area (Å²) in [5.41, 5.74) is 4.22. The van der Waals surface area contributed by atoms with Gasteiger partial charge in [-0.15, -0.1) is 0 Å². The Morgan fingerprint density at radius 3 is 2.88 bits per heavy atom. The van der Waals surface area contributed by atoms with Gasteiger partial charge in [-0.25, -0.2) is 9.78 Å². The summed E-state index contributed by atoms with van der Waals surface area (Å²) in [5, 5.41) is 13.9. The maximum atomic E-state index is 11.0. The van der Waals surface area contributed by atoms with Crippen LogP contribution in [0.4, 0.5) is 4.79 Å². The average molecular weight is 344 g/mol. The lowest BCUT2D eigenvalue weighted by Gasteiger charge is -2.36. The van der Waals surface area contributed by atoms with Gasteiger partial charge in [0.05, 0.1) is 16.7 Å². The molecule has 1 aliphatic rings. The van der Waals surface area contributed by atoms with Gasteiger partial charge in [0.1, 0.15) is 5.15 Å². The second kappa shape index (κ2) is 5.45. The smallest absolute Gasteiger partial charge is 0.407 e. The first kappa shape index (κ1) is 14.9. The van der Waals surface area contributed by atoms with Crippen LogP contribution in [0.5, 0.6) is 0 Å². The number of nitrogens with zero attached hydrogens (tertiary/aromatic N) is 5. The predicted octanol–water partition coefficient (Wildman–Crippen LogP) is 2.76. The third-order valence-corrected chi connectivity index (χ3v) is 4.42. The molecule has 0 radical (unpaired) electrons. The molecule has 1 fully saturated rings.